The fourth-order valence-corrected chi connectivity index (χ4v) is 7.43. The molecule has 0 aromatic heterocycles. The summed E-state index contributed by atoms with van der Waals surface area (Å²) in [5.74, 6) is -2.32. The number of likely N-dealkylation sites (N-methyl/N-ethyl adjacent to an activating group) is 1. The van der Waals surface area contributed by atoms with Crippen molar-refractivity contribution in [3.05, 3.63) is 48.6 Å². The number of hydrogen-bond acceptors (Lipinski definition) is 8. The van der Waals surface area contributed by atoms with Crippen LogP contribution in [0.2, 0.25) is 0 Å². The first-order chi connectivity index (χ1) is 31.6. The van der Waals surface area contributed by atoms with Crippen LogP contribution in [0.5, 0.6) is 0 Å². The van der Waals surface area contributed by atoms with Crippen LogP contribution in [0.25, 0.3) is 0 Å². The monoisotopic (exact) mass is 916 g/mol. The maximum Gasteiger partial charge on any atom is 0.306 e. The zero-order valence-corrected chi connectivity index (χ0v) is 42.9. The van der Waals surface area contributed by atoms with Crippen LogP contribution >= 0.6 is 0 Å². The van der Waals surface area contributed by atoms with Crippen LogP contribution in [-0.4, -0.2) is 82.3 Å². The second-order valence-electron chi connectivity index (χ2n) is 19.1. The molecular formula is C56H101NO8. The highest BCUT2D eigenvalue weighted by Crippen LogP contribution is 2.16. The molecule has 2 atom stereocenters. The van der Waals surface area contributed by atoms with Crippen molar-refractivity contribution in [2.45, 2.75) is 245 Å². The SMILES string of the molecule is CC/C=C\C/C=C\C/C=C\CCCCCC(=O)OC(COC(=O)CCCCCCCCCCCCCCCCC/C=C\CCCCCCCCCC)COC(OCC[N+](C)(C)C)C(=O)[O-]. The molecule has 0 aliphatic heterocycles. The van der Waals surface area contributed by atoms with Gasteiger partial charge in [-0.2, -0.15) is 0 Å². The average Bonchev–Trinajstić information content (AvgIpc) is 3.27. The number of aliphatic carboxylic acids is 1. The van der Waals surface area contributed by atoms with E-state index >= 15 is 0 Å². The Kier molecular flexibility index (Phi) is 45.7. The Hall–Kier alpha value is -2.75. The van der Waals surface area contributed by atoms with Crippen LogP contribution in [0.1, 0.15) is 232 Å². The van der Waals surface area contributed by atoms with Gasteiger partial charge in [-0.15, -0.1) is 0 Å². The van der Waals surface area contributed by atoms with E-state index in [9.17, 15) is 19.5 Å². The summed E-state index contributed by atoms with van der Waals surface area (Å²) in [7, 11) is 5.90. The average molecular weight is 916 g/mol. The number of quaternary nitrogens is 1. The molecular weight excluding hydrogens is 815 g/mol. The van der Waals surface area contributed by atoms with E-state index in [1.54, 1.807) is 0 Å². The normalized spacial score (nSPS) is 13.2. The van der Waals surface area contributed by atoms with Crippen molar-refractivity contribution in [3.8, 4) is 0 Å². The third-order valence-corrected chi connectivity index (χ3v) is 11.6. The number of carboxylic acids is 1. The molecule has 0 aromatic carbocycles. The number of rotatable bonds is 49. The highest BCUT2D eigenvalue weighted by Gasteiger charge is 2.22. The van der Waals surface area contributed by atoms with E-state index in [0.717, 1.165) is 57.8 Å². The Bertz CT molecular complexity index is 1210. The zero-order chi connectivity index (χ0) is 47.7. The van der Waals surface area contributed by atoms with Crippen LogP contribution in [0.3, 0.4) is 0 Å². The summed E-state index contributed by atoms with van der Waals surface area (Å²) in [6, 6.07) is 0. The number of carboxylic acid groups (broad SMARTS) is 1. The fraction of sp³-hybridized carbons (Fsp3) is 0.804. The zero-order valence-electron chi connectivity index (χ0n) is 42.9. The van der Waals surface area contributed by atoms with E-state index in [4.69, 9.17) is 18.9 Å². The van der Waals surface area contributed by atoms with Gasteiger partial charge in [-0.25, -0.2) is 0 Å². The molecule has 9 nitrogen and oxygen atoms in total. The highest BCUT2D eigenvalue weighted by molar-refractivity contribution is 5.70. The molecule has 0 heterocycles. The molecule has 0 saturated carbocycles. The first-order valence-electron chi connectivity index (χ1n) is 26.8. The van der Waals surface area contributed by atoms with E-state index in [2.05, 4.69) is 62.5 Å². The molecule has 65 heavy (non-hydrogen) atoms. The van der Waals surface area contributed by atoms with Gasteiger partial charge in [0.05, 0.1) is 40.3 Å². The predicted octanol–water partition coefficient (Wildman–Crippen LogP) is 13.8. The summed E-state index contributed by atoms with van der Waals surface area (Å²) >= 11 is 0. The Morgan fingerprint density at radius 3 is 1.34 bits per heavy atom. The lowest BCUT2D eigenvalue weighted by molar-refractivity contribution is -0.870. The minimum Gasteiger partial charge on any atom is -0.545 e. The molecule has 0 aromatic rings. The molecule has 0 aliphatic carbocycles. The molecule has 2 unspecified atom stereocenters. The summed E-state index contributed by atoms with van der Waals surface area (Å²) in [6.45, 7) is 4.60. The minimum absolute atomic E-state index is 0.141. The van der Waals surface area contributed by atoms with Crippen LogP contribution in [0.15, 0.2) is 48.6 Å². The summed E-state index contributed by atoms with van der Waals surface area (Å²) in [5, 5.41) is 11.7. The lowest BCUT2D eigenvalue weighted by atomic mass is 10.0. The third-order valence-electron chi connectivity index (χ3n) is 11.6. The van der Waals surface area contributed by atoms with Gasteiger partial charge in [0.25, 0.3) is 0 Å². The molecule has 378 valence electrons. The van der Waals surface area contributed by atoms with Gasteiger partial charge >= 0.3 is 11.9 Å². The van der Waals surface area contributed by atoms with Crippen molar-refractivity contribution >= 4 is 17.9 Å². The van der Waals surface area contributed by atoms with Crippen molar-refractivity contribution in [2.75, 3.05) is 47.5 Å². The lowest BCUT2D eigenvalue weighted by Crippen LogP contribution is -2.44. The molecule has 0 N–H and O–H groups in total. The number of carbonyl (C=O) groups is 3. The van der Waals surface area contributed by atoms with Gasteiger partial charge in [-0.3, -0.25) is 9.59 Å². The molecule has 0 aliphatic rings. The molecule has 0 amide bonds. The largest absolute Gasteiger partial charge is 0.545 e. The molecule has 9 heteroatoms. The number of ether oxygens (including phenoxy) is 4. The maximum absolute atomic E-state index is 12.8. The summed E-state index contributed by atoms with van der Waals surface area (Å²) < 4.78 is 22.6. The Morgan fingerprint density at radius 2 is 0.877 bits per heavy atom. The molecule has 0 rings (SSSR count). The molecule has 0 saturated heterocycles. The molecule has 0 radical (unpaired) electrons. The van der Waals surface area contributed by atoms with E-state index in [1.165, 1.54) is 141 Å². The Labute approximate surface area is 400 Å². The molecule has 0 fully saturated rings. The van der Waals surface area contributed by atoms with E-state index in [-0.39, 0.29) is 38.6 Å². The second-order valence-corrected chi connectivity index (χ2v) is 19.1. The van der Waals surface area contributed by atoms with Gasteiger partial charge in [0.2, 0.25) is 0 Å². The number of allylic oxidation sites excluding steroid dienone is 8. The lowest BCUT2D eigenvalue weighted by Gasteiger charge is -2.26. The van der Waals surface area contributed by atoms with Crippen molar-refractivity contribution in [1.29, 1.82) is 0 Å². The van der Waals surface area contributed by atoms with Gasteiger partial charge in [-0.1, -0.05) is 197 Å². The third kappa shape index (κ3) is 49.0. The highest BCUT2D eigenvalue weighted by atomic mass is 16.7. The van der Waals surface area contributed by atoms with Gasteiger partial charge in [-0.05, 0) is 70.6 Å². The van der Waals surface area contributed by atoms with Crippen LogP contribution in [0, 0.1) is 0 Å². The van der Waals surface area contributed by atoms with Crippen LogP contribution in [-0.2, 0) is 33.3 Å². The van der Waals surface area contributed by atoms with E-state index < -0.39 is 24.3 Å². The van der Waals surface area contributed by atoms with Crippen LogP contribution in [0.4, 0.5) is 0 Å². The minimum atomic E-state index is -1.63. The number of unbranched alkanes of at least 4 members (excludes halogenated alkanes) is 26. The number of carbonyl (C=O) groups excluding carboxylic acids is 3. The quantitative estimate of drug-likeness (QED) is 0.0195. The fourth-order valence-electron chi connectivity index (χ4n) is 7.43. The molecule has 0 bridgehead atoms. The molecule has 0 spiro atoms. The summed E-state index contributed by atoms with van der Waals surface area (Å²) in [5.41, 5.74) is 0. The summed E-state index contributed by atoms with van der Waals surface area (Å²) in [6.07, 6.45) is 54.6. The van der Waals surface area contributed by atoms with Crippen molar-refractivity contribution in [2.24, 2.45) is 0 Å². The maximum atomic E-state index is 12.8. The first kappa shape index (κ1) is 62.2. The van der Waals surface area contributed by atoms with Crippen molar-refractivity contribution < 1.29 is 42.9 Å². The van der Waals surface area contributed by atoms with Crippen molar-refractivity contribution in [1.82, 2.24) is 0 Å². The van der Waals surface area contributed by atoms with Gasteiger partial charge in [0.1, 0.15) is 13.2 Å². The van der Waals surface area contributed by atoms with Gasteiger partial charge < -0.3 is 33.3 Å². The number of esters is 2. The van der Waals surface area contributed by atoms with Gasteiger partial charge in [0.15, 0.2) is 12.4 Å². The Balaban J connectivity index is 4.18. The smallest absolute Gasteiger partial charge is 0.306 e. The van der Waals surface area contributed by atoms with Crippen LogP contribution < -0.4 is 5.11 Å². The summed E-state index contributed by atoms with van der Waals surface area (Å²) in [4.78, 5) is 37.1. The predicted molar refractivity (Wildman–Crippen MR) is 269 cm³/mol. The Morgan fingerprint density at radius 1 is 0.477 bits per heavy atom. The van der Waals surface area contributed by atoms with E-state index in [1.807, 2.05) is 21.1 Å². The van der Waals surface area contributed by atoms with Crippen molar-refractivity contribution in [3.63, 3.8) is 0 Å². The van der Waals surface area contributed by atoms with E-state index in [0.29, 0.717) is 17.4 Å². The van der Waals surface area contributed by atoms with Gasteiger partial charge in [0, 0.05) is 12.8 Å². The number of hydrogen-bond donors (Lipinski definition) is 0. The first-order valence-corrected chi connectivity index (χ1v) is 26.8. The second kappa shape index (κ2) is 47.7. The topological polar surface area (TPSA) is 111 Å². The number of nitrogens with zero attached hydrogens (tertiary/aromatic N) is 1. The standard InChI is InChI=1S/C56H101NO8/c1-6-8-10-12-14-16-18-20-21-22-23-24-25-26-27-28-29-30-31-32-33-35-36-38-40-42-44-46-53(58)63-50-52(51-64-56(55(60)61)62-49-48-57(3,4)5)65-54(59)47-45-43-41-39-37-34-19-17-15-13-11-9-7-2/h9,11,15,17,22-23,34,37,52,56H,6-8,10,12-14,16,18-21,24-33,35-36,38-51H2,1-5H3/b11-9-,17-15-,23-22-,37-34-.